The summed E-state index contributed by atoms with van der Waals surface area (Å²) in [5.41, 5.74) is 0. The molecule has 0 radical (unpaired) electrons. The predicted octanol–water partition coefficient (Wildman–Crippen LogP) is -13.0. The van der Waals surface area contributed by atoms with Crippen LogP contribution in [0.3, 0.4) is 0 Å². The summed E-state index contributed by atoms with van der Waals surface area (Å²) in [6.07, 6.45) is -38.7. The summed E-state index contributed by atoms with van der Waals surface area (Å²) in [5.74, 6) is -14.2. The van der Waals surface area contributed by atoms with Crippen molar-refractivity contribution in [3.63, 3.8) is 0 Å². The summed E-state index contributed by atoms with van der Waals surface area (Å²) in [6, 6.07) is -5.59. The Hall–Kier alpha value is -3.53. The van der Waals surface area contributed by atoms with Crippen LogP contribution in [-0.2, 0) is 57.1 Å². The number of carboxylic acids is 2. The quantitative estimate of drug-likeness (QED) is 0.0508. The molecule has 4 aliphatic rings. The van der Waals surface area contributed by atoms with Crippen molar-refractivity contribution in [3.05, 3.63) is 0 Å². The molecule has 0 bridgehead atoms. The number of hydrogen-bond donors (Lipinski definition) is 20. The molecule has 32 nitrogen and oxygen atoms in total. The minimum Gasteiger partial charge on any atom is -0.477 e. The number of nitrogens with one attached hydrogen (secondary N) is 3. The van der Waals surface area contributed by atoms with Crippen molar-refractivity contribution in [2.45, 2.75) is 154 Å². The molecule has 20 N–H and O–H groups in total. The number of ether oxygens (including phenoxy) is 7. The fourth-order valence-electron chi connectivity index (χ4n) is 8.04. The molecule has 4 saturated heterocycles. The lowest BCUT2D eigenvalue weighted by molar-refractivity contribution is -0.356. The summed E-state index contributed by atoms with van der Waals surface area (Å²) in [6.45, 7) is -6.33. The molecular weight excluding hydrogens is 938 g/mol. The Morgan fingerprint density at radius 2 is 1.18 bits per heavy atom. The lowest BCUT2D eigenvalue weighted by atomic mass is 9.87. The molecule has 0 aromatic heterocycles. The second-order valence-corrected chi connectivity index (χ2v) is 16.3. The maximum Gasteiger partial charge on any atom is 0.364 e. The molecule has 392 valence electrons. The Labute approximate surface area is 382 Å². The van der Waals surface area contributed by atoms with Gasteiger partial charge in [0, 0.05) is 19.8 Å². The number of aliphatic carboxylic acids is 2. The standard InChI is InChI=1S/C36H59N3O29/c1-10(45)37-21-28(65-32-27(56)26(55)23(52)14(5-41)64-32)25(54)16(63-31(21)57)9-62-35(33(58)59)2-11(46)20(39-18(50)8-44)30(67-35)24(53)15(6-42)66-36(34(60)61)3-12(47)19(38-17(49)7-43)29(68-36)22(51)13(48)4-40/h11-16,19-32,40-44,46-48,51-57H,2-9H2,1H3,(H,37,45)(H,38,49)(H,39,50)(H,58,59)(H,60,61)/t11-,12-,13+,14+,15+,16+,19+,20+,21+,22+,23-,24+,25-,26-,27+,28+,29+,30+,31?,32-,35+,36+/m0/s1. The number of aliphatic hydroxyl groups is 15. The zero-order valence-corrected chi connectivity index (χ0v) is 35.7. The lowest BCUT2D eigenvalue weighted by Crippen LogP contribution is -2.71. The van der Waals surface area contributed by atoms with Gasteiger partial charge in [-0.25, -0.2) is 9.59 Å². The van der Waals surface area contributed by atoms with Gasteiger partial charge in [-0.1, -0.05) is 0 Å². The molecule has 4 aliphatic heterocycles. The van der Waals surface area contributed by atoms with Crippen LogP contribution < -0.4 is 16.0 Å². The molecule has 32 heteroatoms. The Morgan fingerprint density at radius 3 is 1.66 bits per heavy atom. The van der Waals surface area contributed by atoms with Crippen molar-refractivity contribution in [1.82, 2.24) is 16.0 Å². The highest BCUT2D eigenvalue weighted by Gasteiger charge is 2.61. The molecule has 0 saturated carbocycles. The van der Waals surface area contributed by atoms with Gasteiger partial charge in [-0.15, -0.1) is 0 Å². The van der Waals surface area contributed by atoms with Crippen LogP contribution in [0.25, 0.3) is 0 Å². The van der Waals surface area contributed by atoms with E-state index in [9.17, 15) is 111 Å². The molecule has 0 aromatic carbocycles. The molecule has 22 atom stereocenters. The molecule has 0 aromatic rings. The zero-order chi connectivity index (χ0) is 51.2. The summed E-state index contributed by atoms with van der Waals surface area (Å²) in [7, 11) is 0. The predicted molar refractivity (Wildman–Crippen MR) is 206 cm³/mol. The fourth-order valence-corrected chi connectivity index (χ4v) is 8.04. The number of aliphatic hydroxyl groups excluding tert-OH is 15. The van der Waals surface area contributed by atoms with E-state index in [1.807, 2.05) is 10.6 Å². The van der Waals surface area contributed by atoms with Crippen molar-refractivity contribution >= 4 is 29.7 Å². The minimum atomic E-state index is -3.31. The summed E-state index contributed by atoms with van der Waals surface area (Å²) < 4.78 is 38.6. The minimum absolute atomic E-state index is 0.844. The molecule has 68 heavy (non-hydrogen) atoms. The number of carboxylic acid groups (broad SMARTS) is 2. The maximum atomic E-state index is 13.1. The number of rotatable bonds is 21. The molecular formula is C36H59N3O29. The first-order valence-corrected chi connectivity index (χ1v) is 20.7. The van der Waals surface area contributed by atoms with E-state index in [1.165, 1.54) is 0 Å². The monoisotopic (exact) mass is 997 g/mol. The van der Waals surface area contributed by atoms with E-state index in [0.717, 1.165) is 6.92 Å². The van der Waals surface area contributed by atoms with E-state index in [4.69, 9.17) is 33.2 Å². The molecule has 4 heterocycles. The Bertz CT molecular complexity index is 1720. The van der Waals surface area contributed by atoms with Gasteiger partial charge in [0.05, 0.1) is 50.7 Å². The lowest BCUT2D eigenvalue weighted by Gasteiger charge is -2.50. The molecule has 0 aliphatic carbocycles. The Kier molecular flexibility index (Phi) is 20.2. The van der Waals surface area contributed by atoms with Crippen molar-refractivity contribution in [3.8, 4) is 0 Å². The third-order valence-electron chi connectivity index (χ3n) is 11.6. The van der Waals surface area contributed by atoms with E-state index in [0.29, 0.717) is 0 Å². The normalized spacial score (nSPS) is 40.5. The number of carbonyl (C=O) groups is 5. The molecule has 0 spiro atoms. The summed E-state index contributed by atoms with van der Waals surface area (Å²) in [4.78, 5) is 62.6. The first kappa shape index (κ1) is 57.1. The average molecular weight is 998 g/mol. The van der Waals surface area contributed by atoms with Crippen molar-refractivity contribution in [1.29, 1.82) is 0 Å². The zero-order valence-electron chi connectivity index (χ0n) is 35.7. The van der Waals surface area contributed by atoms with Crippen LogP contribution in [0.4, 0.5) is 0 Å². The van der Waals surface area contributed by atoms with E-state index >= 15 is 0 Å². The molecule has 3 amide bonds. The van der Waals surface area contributed by atoms with E-state index in [1.54, 1.807) is 0 Å². The van der Waals surface area contributed by atoms with Crippen LogP contribution >= 0.6 is 0 Å². The Morgan fingerprint density at radius 1 is 0.647 bits per heavy atom. The van der Waals surface area contributed by atoms with Gasteiger partial charge in [0.2, 0.25) is 17.7 Å². The highest BCUT2D eigenvalue weighted by Crippen LogP contribution is 2.39. The second-order valence-electron chi connectivity index (χ2n) is 16.3. The number of hydrogen-bond acceptors (Lipinski definition) is 27. The first-order chi connectivity index (χ1) is 31.8. The van der Waals surface area contributed by atoms with Crippen LogP contribution in [0, 0.1) is 0 Å². The van der Waals surface area contributed by atoms with Crippen molar-refractivity contribution in [2.24, 2.45) is 0 Å². The van der Waals surface area contributed by atoms with Gasteiger partial charge in [-0.05, 0) is 0 Å². The Balaban J connectivity index is 1.68. The van der Waals surface area contributed by atoms with Gasteiger partial charge in [0.1, 0.15) is 98.6 Å². The van der Waals surface area contributed by atoms with E-state index in [-0.39, 0.29) is 0 Å². The number of amides is 3. The topological polar surface area (TPSA) is 530 Å². The van der Waals surface area contributed by atoms with Gasteiger partial charge >= 0.3 is 11.9 Å². The van der Waals surface area contributed by atoms with Crippen LogP contribution in [0.5, 0.6) is 0 Å². The fraction of sp³-hybridized carbons (Fsp3) is 0.861. The third-order valence-corrected chi connectivity index (χ3v) is 11.6. The highest BCUT2D eigenvalue weighted by atomic mass is 16.8. The van der Waals surface area contributed by atoms with Crippen LogP contribution in [-0.4, -0.2) is 290 Å². The summed E-state index contributed by atoms with van der Waals surface area (Å²) in [5, 5.41) is 184. The maximum absolute atomic E-state index is 13.1. The van der Waals surface area contributed by atoms with Gasteiger partial charge < -0.3 is 136 Å². The van der Waals surface area contributed by atoms with E-state index < -0.39 is 216 Å². The second kappa shape index (κ2) is 24.1. The van der Waals surface area contributed by atoms with Crippen LogP contribution in [0.15, 0.2) is 0 Å². The van der Waals surface area contributed by atoms with Crippen LogP contribution in [0.1, 0.15) is 19.8 Å². The van der Waals surface area contributed by atoms with Crippen molar-refractivity contribution < 1.29 is 144 Å². The van der Waals surface area contributed by atoms with Gasteiger partial charge in [0.25, 0.3) is 11.6 Å². The molecule has 1 unspecified atom stereocenters. The van der Waals surface area contributed by atoms with Crippen molar-refractivity contribution in [2.75, 3.05) is 39.6 Å². The highest BCUT2D eigenvalue weighted by molar-refractivity contribution is 5.79. The third kappa shape index (κ3) is 12.5. The van der Waals surface area contributed by atoms with E-state index in [2.05, 4.69) is 5.32 Å². The largest absolute Gasteiger partial charge is 0.477 e. The molecule has 4 rings (SSSR count). The molecule has 4 fully saturated rings. The average Bonchev–Trinajstić information content (AvgIpc) is 3.30. The first-order valence-electron chi connectivity index (χ1n) is 20.7. The van der Waals surface area contributed by atoms with Gasteiger partial charge in [0.15, 0.2) is 12.6 Å². The SMILES string of the molecule is CC(=O)N[C@H]1C(O)O[C@H](CO[C@]2(C(=O)O)C[C@H](O)[C@@H](NC(=O)CO)[C@H]([C@H](O)[C@@H](CO)O[C@]3(C(=O)O)C[C@H](O)[C@@H](NC(=O)CO)[C@H]([C@H](O)[C@H](O)CO)O3)O2)[C@H](O)[C@@H]1O[C@@H]1O[C@H](CO)[C@H](O)[C@H](O)[C@H]1O. The van der Waals surface area contributed by atoms with Crippen LogP contribution in [0.2, 0.25) is 0 Å². The van der Waals surface area contributed by atoms with Gasteiger partial charge in [-0.2, -0.15) is 0 Å². The van der Waals surface area contributed by atoms with Gasteiger partial charge in [-0.3, -0.25) is 14.4 Å². The summed E-state index contributed by atoms with van der Waals surface area (Å²) >= 11 is 0. The smallest absolute Gasteiger partial charge is 0.364 e. The number of carbonyl (C=O) groups excluding carboxylic acids is 3.